The molecule has 0 fully saturated rings. The van der Waals surface area contributed by atoms with Crippen LogP contribution in [0.5, 0.6) is 0 Å². The van der Waals surface area contributed by atoms with Gasteiger partial charge in [-0.3, -0.25) is 4.98 Å². The van der Waals surface area contributed by atoms with E-state index in [0.29, 0.717) is 6.42 Å². The molecule has 0 atom stereocenters. The Hall–Kier alpha value is -1.29. The fraction of sp³-hybridized carbons (Fsp3) is 0.222. The topological polar surface area (TPSA) is 12.9 Å². The van der Waals surface area contributed by atoms with Crippen LogP contribution < -0.4 is 0 Å². The van der Waals surface area contributed by atoms with Crippen LogP contribution in [-0.2, 0) is 6.42 Å². The molecule has 0 amide bonds. The summed E-state index contributed by atoms with van der Waals surface area (Å²) >= 11 is 0. The van der Waals surface area contributed by atoms with E-state index in [1.54, 1.807) is 6.20 Å². The molecule has 1 heteroatoms. The Morgan fingerprint density at radius 1 is 1.70 bits per heavy atom. The highest BCUT2D eigenvalue weighted by Crippen LogP contribution is 2.02. The first-order valence-electron chi connectivity index (χ1n) is 3.18. The van der Waals surface area contributed by atoms with E-state index < -0.39 is 0 Å². The van der Waals surface area contributed by atoms with E-state index >= 15 is 0 Å². The van der Waals surface area contributed by atoms with Crippen LogP contribution in [0.3, 0.4) is 0 Å². The van der Waals surface area contributed by atoms with Crippen molar-refractivity contribution in [2.75, 3.05) is 0 Å². The van der Waals surface area contributed by atoms with Gasteiger partial charge in [0, 0.05) is 18.3 Å². The first-order chi connectivity index (χ1) is 4.84. The molecule has 1 nitrogen and oxygen atoms in total. The molecule has 0 saturated heterocycles. The highest BCUT2D eigenvalue weighted by molar-refractivity contribution is 5.22. The van der Waals surface area contributed by atoms with Crippen molar-refractivity contribution < 1.29 is 0 Å². The van der Waals surface area contributed by atoms with Crippen LogP contribution in [0.1, 0.15) is 11.3 Å². The van der Waals surface area contributed by atoms with Gasteiger partial charge in [0.05, 0.1) is 0 Å². The standard InChI is InChI=1S/C9H9N/c1-3-5-9-6-4-7-10-8(9)2/h1,4,6-7H,5H2,2H3. The number of nitrogens with zero attached hydrogens (tertiary/aromatic N) is 1. The molecular weight excluding hydrogens is 122 g/mol. The van der Waals surface area contributed by atoms with Crippen molar-refractivity contribution in [3.63, 3.8) is 0 Å². The van der Waals surface area contributed by atoms with Gasteiger partial charge in [0.2, 0.25) is 0 Å². The quantitative estimate of drug-likeness (QED) is 0.527. The first kappa shape index (κ1) is 6.82. The second kappa shape index (κ2) is 3.03. The van der Waals surface area contributed by atoms with Gasteiger partial charge in [-0.25, -0.2) is 0 Å². The van der Waals surface area contributed by atoms with E-state index in [2.05, 4.69) is 10.9 Å². The number of pyridine rings is 1. The average molecular weight is 131 g/mol. The summed E-state index contributed by atoms with van der Waals surface area (Å²) in [5.74, 6) is 2.58. The zero-order valence-corrected chi connectivity index (χ0v) is 5.96. The lowest BCUT2D eigenvalue weighted by Crippen LogP contribution is -1.88. The van der Waals surface area contributed by atoms with E-state index in [0.717, 1.165) is 11.3 Å². The minimum atomic E-state index is 0.680. The maximum absolute atomic E-state index is 5.15. The Morgan fingerprint density at radius 2 is 2.50 bits per heavy atom. The normalized spacial score (nSPS) is 8.80. The summed E-state index contributed by atoms with van der Waals surface area (Å²) in [6.07, 6.45) is 7.61. The van der Waals surface area contributed by atoms with Gasteiger partial charge in [-0.1, -0.05) is 6.07 Å². The maximum atomic E-state index is 5.15. The SMILES string of the molecule is C#CCc1cccnc1C. The van der Waals surface area contributed by atoms with Crippen LogP contribution in [0.25, 0.3) is 0 Å². The molecule has 0 spiro atoms. The molecule has 1 heterocycles. The van der Waals surface area contributed by atoms with Crippen molar-refractivity contribution in [1.82, 2.24) is 4.98 Å². The van der Waals surface area contributed by atoms with E-state index in [9.17, 15) is 0 Å². The Bertz CT molecular complexity index is 258. The Kier molecular flexibility index (Phi) is 2.07. The van der Waals surface area contributed by atoms with Gasteiger partial charge in [0.1, 0.15) is 0 Å². The van der Waals surface area contributed by atoms with Crippen molar-refractivity contribution in [2.24, 2.45) is 0 Å². The largest absolute Gasteiger partial charge is 0.261 e. The molecule has 0 N–H and O–H groups in total. The first-order valence-corrected chi connectivity index (χ1v) is 3.18. The number of hydrogen-bond acceptors (Lipinski definition) is 1. The molecule has 0 aliphatic rings. The zero-order valence-electron chi connectivity index (χ0n) is 5.96. The average Bonchev–Trinajstić information content (AvgIpc) is 1.94. The molecule has 1 aromatic rings. The van der Waals surface area contributed by atoms with Crippen LogP contribution in [0.2, 0.25) is 0 Å². The molecule has 0 radical (unpaired) electrons. The monoisotopic (exact) mass is 131 g/mol. The number of hydrogen-bond donors (Lipinski definition) is 0. The summed E-state index contributed by atoms with van der Waals surface area (Å²) in [5, 5.41) is 0. The summed E-state index contributed by atoms with van der Waals surface area (Å²) in [7, 11) is 0. The second-order valence-electron chi connectivity index (χ2n) is 2.13. The van der Waals surface area contributed by atoms with Crippen molar-refractivity contribution in [3.8, 4) is 12.3 Å². The van der Waals surface area contributed by atoms with Gasteiger partial charge in [-0.15, -0.1) is 12.3 Å². The molecule has 0 saturated carbocycles. The zero-order chi connectivity index (χ0) is 7.40. The third-order valence-electron chi connectivity index (χ3n) is 1.41. The van der Waals surface area contributed by atoms with Crippen LogP contribution >= 0.6 is 0 Å². The maximum Gasteiger partial charge on any atom is 0.0414 e. The third-order valence-corrected chi connectivity index (χ3v) is 1.41. The number of aromatic nitrogens is 1. The minimum absolute atomic E-state index is 0.680. The molecule has 1 aromatic heterocycles. The fourth-order valence-electron chi connectivity index (χ4n) is 0.814. The summed E-state index contributed by atoms with van der Waals surface area (Å²) in [6.45, 7) is 1.96. The molecule has 0 unspecified atom stereocenters. The van der Waals surface area contributed by atoms with Gasteiger partial charge < -0.3 is 0 Å². The highest BCUT2D eigenvalue weighted by Gasteiger charge is 1.92. The predicted octanol–water partition coefficient (Wildman–Crippen LogP) is 1.57. The molecule has 50 valence electrons. The van der Waals surface area contributed by atoms with Crippen molar-refractivity contribution in [3.05, 3.63) is 29.6 Å². The van der Waals surface area contributed by atoms with Gasteiger partial charge >= 0.3 is 0 Å². The Balaban J connectivity index is 2.94. The van der Waals surface area contributed by atoms with Crippen molar-refractivity contribution >= 4 is 0 Å². The van der Waals surface area contributed by atoms with E-state index in [1.165, 1.54) is 0 Å². The number of aryl methyl sites for hydroxylation is 1. The van der Waals surface area contributed by atoms with E-state index in [1.807, 2.05) is 19.1 Å². The Morgan fingerprint density at radius 3 is 3.10 bits per heavy atom. The summed E-state index contributed by atoms with van der Waals surface area (Å²) < 4.78 is 0. The number of terminal acetylenes is 1. The van der Waals surface area contributed by atoms with Gasteiger partial charge in [0.15, 0.2) is 0 Å². The van der Waals surface area contributed by atoms with Crippen LogP contribution in [-0.4, -0.2) is 4.98 Å². The predicted molar refractivity (Wildman–Crippen MR) is 41.5 cm³/mol. The van der Waals surface area contributed by atoms with Gasteiger partial charge in [-0.05, 0) is 18.6 Å². The third kappa shape index (κ3) is 1.35. The lowest BCUT2D eigenvalue weighted by molar-refractivity contribution is 1.12. The number of rotatable bonds is 1. The van der Waals surface area contributed by atoms with Gasteiger partial charge in [-0.2, -0.15) is 0 Å². The molecule has 0 aliphatic heterocycles. The molecule has 0 aliphatic carbocycles. The lowest BCUT2D eigenvalue weighted by atomic mass is 10.1. The minimum Gasteiger partial charge on any atom is -0.261 e. The lowest BCUT2D eigenvalue weighted by Gasteiger charge is -1.97. The van der Waals surface area contributed by atoms with Crippen LogP contribution in [0.4, 0.5) is 0 Å². The molecule has 0 bridgehead atoms. The second-order valence-corrected chi connectivity index (χ2v) is 2.13. The highest BCUT2D eigenvalue weighted by atomic mass is 14.7. The molecule has 10 heavy (non-hydrogen) atoms. The van der Waals surface area contributed by atoms with Crippen LogP contribution in [0.15, 0.2) is 18.3 Å². The van der Waals surface area contributed by atoms with E-state index in [-0.39, 0.29) is 0 Å². The van der Waals surface area contributed by atoms with E-state index in [4.69, 9.17) is 6.42 Å². The smallest absolute Gasteiger partial charge is 0.0414 e. The summed E-state index contributed by atoms with van der Waals surface area (Å²) in [4.78, 5) is 4.10. The summed E-state index contributed by atoms with van der Waals surface area (Å²) in [5.41, 5.74) is 2.17. The van der Waals surface area contributed by atoms with Crippen molar-refractivity contribution in [2.45, 2.75) is 13.3 Å². The van der Waals surface area contributed by atoms with Gasteiger partial charge in [0.25, 0.3) is 0 Å². The molecule has 0 aromatic carbocycles. The molecular formula is C9H9N. The fourth-order valence-corrected chi connectivity index (χ4v) is 0.814. The van der Waals surface area contributed by atoms with Crippen LogP contribution in [0, 0.1) is 19.3 Å². The molecule has 1 rings (SSSR count). The van der Waals surface area contributed by atoms with Crippen molar-refractivity contribution in [1.29, 1.82) is 0 Å². The summed E-state index contributed by atoms with van der Waals surface area (Å²) in [6, 6.07) is 3.90. The Labute approximate surface area is 61.1 Å².